The molecular formula is C16H16Cl2N6. The van der Waals surface area contributed by atoms with Crippen LogP contribution in [0.15, 0.2) is 36.5 Å². The summed E-state index contributed by atoms with van der Waals surface area (Å²) in [5, 5.41) is 15.8. The van der Waals surface area contributed by atoms with E-state index < -0.39 is 0 Å². The Balaban J connectivity index is 1.86. The second kappa shape index (κ2) is 7.15. The van der Waals surface area contributed by atoms with Crippen LogP contribution in [0.25, 0.3) is 5.69 Å². The highest BCUT2D eigenvalue weighted by Gasteiger charge is 2.14. The molecule has 0 fully saturated rings. The fraction of sp³-hybridized carbons (Fsp3) is 0.250. The molecule has 0 saturated heterocycles. The molecule has 3 rings (SSSR count). The monoisotopic (exact) mass is 362 g/mol. The molecule has 0 unspecified atom stereocenters. The summed E-state index contributed by atoms with van der Waals surface area (Å²) in [4.78, 5) is 4.45. The van der Waals surface area contributed by atoms with Crippen LogP contribution in [0.5, 0.6) is 0 Å². The van der Waals surface area contributed by atoms with Crippen LogP contribution in [0.1, 0.15) is 31.0 Å². The van der Waals surface area contributed by atoms with Gasteiger partial charge in [-0.3, -0.25) is 4.98 Å². The number of hydrogen-bond donors (Lipinski definition) is 1. The Labute approximate surface area is 149 Å². The lowest BCUT2D eigenvalue weighted by atomic mass is 10.0. The van der Waals surface area contributed by atoms with E-state index in [9.17, 15) is 0 Å². The number of benzene rings is 1. The predicted molar refractivity (Wildman–Crippen MR) is 94.8 cm³/mol. The van der Waals surface area contributed by atoms with E-state index in [0.29, 0.717) is 34.1 Å². The number of nitrogens with zero attached hydrogens (tertiary/aromatic N) is 5. The maximum absolute atomic E-state index is 6.25. The zero-order chi connectivity index (χ0) is 17.1. The van der Waals surface area contributed by atoms with Gasteiger partial charge < -0.3 is 5.32 Å². The molecule has 0 atom stereocenters. The van der Waals surface area contributed by atoms with Gasteiger partial charge in [-0.25, -0.2) is 0 Å². The molecule has 0 radical (unpaired) electrons. The van der Waals surface area contributed by atoms with E-state index in [1.807, 2.05) is 12.1 Å². The van der Waals surface area contributed by atoms with Crippen LogP contribution in [0.4, 0.5) is 5.95 Å². The van der Waals surface area contributed by atoms with Crippen molar-refractivity contribution in [3.8, 4) is 5.69 Å². The molecule has 2 aromatic heterocycles. The summed E-state index contributed by atoms with van der Waals surface area (Å²) >= 11 is 12.3. The van der Waals surface area contributed by atoms with Crippen molar-refractivity contribution >= 4 is 29.2 Å². The van der Waals surface area contributed by atoms with Gasteiger partial charge in [-0.15, -0.1) is 0 Å². The lowest BCUT2D eigenvalue weighted by molar-refractivity contribution is 0.785. The van der Waals surface area contributed by atoms with Crippen LogP contribution in [-0.2, 0) is 6.54 Å². The average Bonchev–Trinajstić information content (AvgIpc) is 3.04. The molecule has 0 aliphatic carbocycles. The summed E-state index contributed by atoms with van der Waals surface area (Å²) in [7, 11) is 0. The Morgan fingerprint density at radius 3 is 2.79 bits per heavy atom. The molecule has 6 nitrogen and oxygen atoms in total. The quantitative estimate of drug-likeness (QED) is 0.739. The largest absolute Gasteiger partial charge is 0.349 e. The first-order valence-corrected chi connectivity index (χ1v) is 8.24. The zero-order valence-corrected chi connectivity index (χ0v) is 14.8. The van der Waals surface area contributed by atoms with Gasteiger partial charge in [0.25, 0.3) is 0 Å². The van der Waals surface area contributed by atoms with Gasteiger partial charge in [-0.2, -0.15) is 4.68 Å². The summed E-state index contributed by atoms with van der Waals surface area (Å²) < 4.78 is 1.53. The summed E-state index contributed by atoms with van der Waals surface area (Å²) in [6.45, 7) is 4.78. The number of aromatic nitrogens is 5. The summed E-state index contributed by atoms with van der Waals surface area (Å²) in [5.74, 6) is 0.819. The van der Waals surface area contributed by atoms with E-state index in [1.165, 1.54) is 4.68 Å². The predicted octanol–water partition coefficient (Wildman–Crippen LogP) is 4.10. The fourth-order valence-electron chi connectivity index (χ4n) is 2.41. The third kappa shape index (κ3) is 3.34. The second-order valence-electron chi connectivity index (χ2n) is 5.54. The molecule has 8 heteroatoms. The molecule has 1 aromatic carbocycles. The average molecular weight is 363 g/mol. The molecule has 24 heavy (non-hydrogen) atoms. The Morgan fingerprint density at radius 1 is 1.17 bits per heavy atom. The Bertz CT molecular complexity index is 846. The molecule has 0 bridgehead atoms. The van der Waals surface area contributed by atoms with Crippen molar-refractivity contribution in [3.63, 3.8) is 0 Å². The van der Waals surface area contributed by atoms with Crippen LogP contribution in [0.2, 0.25) is 10.0 Å². The van der Waals surface area contributed by atoms with Crippen molar-refractivity contribution in [1.29, 1.82) is 0 Å². The van der Waals surface area contributed by atoms with E-state index in [-0.39, 0.29) is 0 Å². The van der Waals surface area contributed by atoms with Gasteiger partial charge in [-0.05, 0) is 40.1 Å². The van der Waals surface area contributed by atoms with Crippen molar-refractivity contribution in [2.24, 2.45) is 0 Å². The van der Waals surface area contributed by atoms with E-state index in [1.54, 1.807) is 24.4 Å². The molecule has 3 aromatic rings. The van der Waals surface area contributed by atoms with Crippen molar-refractivity contribution in [1.82, 2.24) is 25.2 Å². The first kappa shape index (κ1) is 16.7. The molecular weight excluding hydrogens is 347 g/mol. The van der Waals surface area contributed by atoms with Crippen LogP contribution in [0, 0.1) is 0 Å². The van der Waals surface area contributed by atoms with Crippen molar-refractivity contribution in [2.75, 3.05) is 5.32 Å². The smallest absolute Gasteiger partial charge is 0.248 e. The van der Waals surface area contributed by atoms with Gasteiger partial charge >= 0.3 is 0 Å². The van der Waals surface area contributed by atoms with Crippen LogP contribution in [-0.4, -0.2) is 25.2 Å². The minimum Gasteiger partial charge on any atom is -0.349 e. The van der Waals surface area contributed by atoms with E-state index in [4.69, 9.17) is 23.2 Å². The molecule has 124 valence electrons. The van der Waals surface area contributed by atoms with Crippen molar-refractivity contribution < 1.29 is 0 Å². The highest BCUT2D eigenvalue weighted by molar-refractivity contribution is 6.43. The van der Waals surface area contributed by atoms with Crippen LogP contribution >= 0.6 is 23.2 Å². The summed E-state index contributed by atoms with van der Waals surface area (Å²) in [6, 6.07) is 9.28. The first-order valence-electron chi connectivity index (χ1n) is 7.48. The lowest BCUT2D eigenvalue weighted by Crippen LogP contribution is -2.10. The highest BCUT2D eigenvalue weighted by atomic mass is 35.5. The Hall–Kier alpha value is -2.18. The van der Waals surface area contributed by atoms with Crippen molar-refractivity contribution in [3.05, 3.63) is 57.8 Å². The minimum atomic E-state index is 0.335. The second-order valence-corrected chi connectivity index (χ2v) is 6.33. The summed E-state index contributed by atoms with van der Waals surface area (Å²) in [5.41, 5.74) is 2.76. The third-order valence-corrected chi connectivity index (χ3v) is 4.35. The normalized spacial score (nSPS) is 11.0. The van der Waals surface area contributed by atoms with Gasteiger partial charge in [-0.1, -0.05) is 54.3 Å². The Kier molecular flexibility index (Phi) is 4.97. The highest BCUT2D eigenvalue weighted by Crippen LogP contribution is 2.29. The number of halogens is 2. The molecule has 0 spiro atoms. The van der Waals surface area contributed by atoms with Gasteiger partial charge in [0.2, 0.25) is 5.95 Å². The zero-order valence-electron chi connectivity index (χ0n) is 13.2. The van der Waals surface area contributed by atoms with E-state index in [2.05, 4.69) is 39.7 Å². The number of pyridine rings is 1. The van der Waals surface area contributed by atoms with E-state index >= 15 is 0 Å². The maximum atomic E-state index is 6.25. The van der Waals surface area contributed by atoms with Gasteiger partial charge in [0.1, 0.15) is 0 Å². The molecule has 1 N–H and O–H groups in total. The maximum Gasteiger partial charge on any atom is 0.248 e. The minimum absolute atomic E-state index is 0.335. The topological polar surface area (TPSA) is 68.5 Å². The van der Waals surface area contributed by atoms with Crippen LogP contribution < -0.4 is 5.32 Å². The number of anilines is 1. The fourth-order valence-corrected chi connectivity index (χ4v) is 2.79. The SMILES string of the molecule is CC(C)c1ncccc1CNc1nnnn1-c1cccc(Cl)c1Cl. The van der Waals surface area contributed by atoms with Gasteiger partial charge in [0.15, 0.2) is 0 Å². The Morgan fingerprint density at radius 2 is 2.00 bits per heavy atom. The number of nitrogens with one attached hydrogen (secondary N) is 1. The molecule has 0 aliphatic heterocycles. The molecule has 0 saturated carbocycles. The molecule has 0 aliphatic rings. The third-order valence-electron chi connectivity index (χ3n) is 3.54. The van der Waals surface area contributed by atoms with Crippen LogP contribution in [0.3, 0.4) is 0 Å². The van der Waals surface area contributed by atoms with Gasteiger partial charge in [0, 0.05) is 18.4 Å². The van der Waals surface area contributed by atoms with E-state index in [0.717, 1.165) is 11.3 Å². The summed E-state index contributed by atoms with van der Waals surface area (Å²) in [6.07, 6.45) is 1.80. The van der Waals surface area contributed by atoms with Crippen molar-refractivity contribution in [2.45, 2.75) is 26.3 Å². The standard InChI is InChI=1S/C16H16Cl2N6/c1-10(2)15-11(5-4-8-19-15)9-20-16-21-22-23-24(16)13-7-3-6-12(17)14(13)18/h3-8,10H,9H2,1-2H3,(H,20,21,23). The molecule has 2 heterocycles. The number of rotatable bonds is 5. The number of hydrogen-bond acceptors (Lipinski definition) is 5. The molecule has 0 amide bonds. The first-order chi connectivity index (χ1) is 11.6. The number of tetrazole rings is 1. The van der Waals surface area contributed by atoms with Gasteiger partial charge in [0.05, 0.1) is 15.7 Å². The lowest BCUT2D eigenvalue weighted by Gasteiger charge is -2.13.